The van der Waals surface area contributed by atoms with E-state index in [1.165, 1.54) is 0 Å². The van der Waals surface area contributed by atoms with Gasteiger partial charge in [0.2, 0.25) is 10.9 Å². The number of H-pyrrole nitrogens is 1. The first-order chi connectivity index (χ1) is 12.8. The normalized spacial score (nSPS) is 11.3. The van der Waals surface area contributed by atoms with Crippen LogP contribution >= 0.6 is 11.3 Å². The zero-order valence-corrected chi connectivity index (χ0v) is 14.6. The maximum atomic E-state index is 5.22. The van der Waals surface area contributed by atoms with E-state index in [1.807, 2.05) is 58.4 Å². The molecule has 128 valence electrons. The van der Waals surface area contributed by atoms with Crippen LogP contribution in [0.25, 0.3) is 27.3 Å². The van der Waals surface area contributed by atoms with Crippen LogP contribution in [-0.2, 0) is 0 Å². The Hall–Kier alpha value is -3.39. The lowest BCUT2D eigenvalue weighted by Gasteiger charge is -2.01. The smallest absolute Gasteiger partial charge is 0.250 e. The zero-order chi connectivity index (χ0) is 17.5. The second kappa shape index (κ2) is 5.85. The quantitative estimate of drug-likeness (QED) is 0.503. The Morgan fingerprint density at radius 2 is 1.92 bits per heavy atom. The van der Waals surface area contributed by atoms with E-state index in [0.717, 1.165) is 33.0 Å². The van der Waals surface area contributed by atoms with Crippen molar-refractivity contribution in [1.82, 2.24) is 24.6 Å². The third-order valence-electron chi connectivity index (χ3n) is 4.09. The van der Waals surface area contributed by atoms with Crippen molar-refractivity contribution in [2.45, 2.75) is 0 Å². The maximum absolute atomic E-state index is 5.22. The molecular formula is C18H14N6OS. The summed E-state index contributed by atoms with van der Waals surface area (Å²) in [5, 5.41) is 9.76. The maximum Gasteiger partial charge on any atom is 0.250 e. The van der Waals surface area contributed by atoms with E-state index in [2.05, 4.69) is 25.4 Å². The highest BCUT2D eigenvalue weighted by Gasteiger charge is 2.13. The van der Waals surface area contributed by atoms with Gasteiger partial charge in [-0.1, -0.05) is 12.1 Å². The molecular weight excluding hydrogens is 348 g/mol. The largest absolute Gasteiger partial charge is 0.497 e. The summed E-state index contributed by atoms with van der Waals surface area (Å²) in [5.41, 5.74) is 3.90. The molecule has 0 amide bonds. The molecule has 0 saturated carbocycles. The molecule has 2 aromatic carbocycles. The fourth-order valence-electron chi connectivity index (χ4n) is 2.81. The number of fused-ring (bicyclic) bond motifs is 2. The number of nitrogens with one attached hydrogen (secondary N) is 2. The van der Waals surface area contributed by atoms with Gasteiger partial charge in [0.25, 0.3) is 5.95 Å². The molecule has 0 atom stereocenters. The Labute approximate surface area is 152 Å². The lowest BCUT2D eigenvalue weighted by atomic mass is 10.2. The minimum absolute atomic E-state index is 0.505. The molecule has 5 rings (SSSR count). The van der Waals surface area contributed by atoms with Crippen molar-refractivity contribution in [3.05, 3.63) is 53.9 Å². The van der Waals surface area contributed by atoms with Gasteiger partial charge in [-0.15, -0.1) is 16.4 Å². The van der Waals surface area contributed by atoms with E-state index >= 15 is 0 Å². The first kappa shape index (κ1) is 14.9. The number of hydrogen-bond donors (Lipinski definition) is 2. The van der Waals surface area contributed by atoms with Gasteiger partial charge in [0.15, 0.2) is 0 Å². The van der Waals surface area contributed by atoms with Crippen LogP contribution in [0.2, 0.25) is 0 Å². The molecule has 7 nitrogen and oxygen atoms in total. The number of rotatable bonds is 4. The first-order valence-electron chi connectivity index (χ1n) is 8.00. The highest BCUT2D eigenvalue weighted by atomic mass is 32.1. The van der Waals surface area contributed by atoms with Crippen molar-refractivity contribution in [2.24, 2.45) is 0 Å². The minimum atomic E-state index is 0.505. The number of ether oxygens (including phenoxy) is 1. The van der Waals surface area contributed by atoms with E-state index in [4.69, 9.17) is 4.74 Å². The fourth-order valence-corrected chi connectivity index (χ4v) is 3.64. The summed E-state index contributed by atoms with van der Waals surface area (Å²) in [7, 11) is 1.66. The van der Waals surface area contributed by atoms with Crippen LogP contribution in [-0.4, -0.2) is 31.7 Å². The Morgan fingerprint density at radius 3 is 2.73 bits per heavy atom. The van der Waals surface area contributed by atoms with Crippen LogP contribution in [0, 0.1) is 0 Å². The topological polar surface area (TPSA) is 80.1 Å². The summed E-state index contributed by atoms with van der Waals surface area (Å²) in [5.74, 6) is 1.95. The molecule has 0 saturated heterocycles. The number of para-hydroxylation sites is 2. The standard InChI is InChI=1S/C18H14N6OS/c1-25-12-8-6-11(7-9-12)15-10-26-18-22-17(23-24(15)18)21-16-19-13-4-2-3-5-14(13)20-16/h2-10H,1H3,(H2,19,20,21,23). The van der Waals surface area contributed by atoms with Gasteiger partial charge in [0.05, 0.1) is 23.8 Å². The molecule has 3 heterocycles. The molecule has 0 bridgehead atoms. The number of aromatic nitrogens is 5. The molecule has 0 aliphatic rings. The van der Waals surface area contributed by atoms with Crippen molar-refractivity contribution >= 4 is 39.2 Å². The van der Waals surface area contributed by atoms with Crippen molar-refractivity contribution in [2.75, 3.05) is 12.4 Å². The molecule has 0 unspecified atom stereocenters. The van der Waals surface area contributed by atoms with Crippen LogP contribution in [0.3, 0.4) is 0 Å². The van der Waals surface area contributed by atoms with Gasteiger partial charge in [-0.05, 0) is 36.4 Å². The summed E-state index contributed by atoms with van der Waals surface area (Å²) >= 11 is 1.54. The second-order valence-electron chi connectivity index (χ2n) is 5.71. The number of methoxy groups -OCH3 is 1. The Bertz CT molecular complexity index is 1170. The number of aromatic amines is 1. The third-order valence-corrected chi connectivity index (χ3v) is 4.90. The predicted octanol–water partition coefficient (Wildman–Crippen LogP) is 4.09. The number of nitrogens with zero attached hydrogens (tertiary/aromatic N) is 4. The molecule has 5 aromatic rings. The Balaban J connectivity index is 1.49. The molecule has 0 aliphatic heterocycles. The van der Waals surface area contributed by atoms with Gasteiger partial charge in [0.1, 0.15) is 5.75 Å². The average Bonchev–Trinajstić information content (AvgIpc) is 3.35. The number of hydrogen-bond acceptors (Lipinski definition) is 6. The van der Waals surface area contributed by atoms with Gasteiger partial charge in [0, 0.05) is 10.9 Å². The SMILES string of the molecule is COc1ccc(-c2csc3nc(Nc4nc5ccccc5[nH]4)nn23)cc1. The molecule has 26 heavy (non-hydrogen) atoms. The lowest BCUT2D eigenvalue weighted by Crippen LogP contribution is -1.95. The van der Waals surface area contributed by atoms with Crippen LogP contribution in [0.1, 0.15) is 0 Å². The first-order valence-corrected chi connectivity index (χ1v) is 8.88. The van der Waals surface area contributed by atoms with Gasteiger partial charge in [-0.3, -0.25) is 5.32 Å². The monoisotopic (exact) mass is 362 g/mol. The second-order valence-corrected chi connectivity index (χ2v) is 6.54. The van der Waals surface area contributed by atoms with Gasteiger partial charge in [-0.25, -0.2) is 9.50 Å². The van der Waals surface area contributed by atoms with E-state index in [0.29, 0.717) is 11.9 Å². The molecule has 3 aromatic heterocycles. The highest BCUT2D eigenvalue weighted by Crippen LogP contribution is 2.28. The van der Waals surface area contributed by atoms with Crippen LogP contribution in [0.5, 0.6) is 5.75 Å². The summed E-state index contributed by atoms with van der Waals surface area (Å²) in [6.07, 6.45) is 0. The van der Waals surface area contributed by atoms with Crippen molar-refractivity contribution in [3.63, 3.8) is 0 Å². The molecule has 2 N–H and O–H groups in total. The number of anilines is 2. The summed E-state index contributed by atoms with van der Waals surface area (Å²) in [6.45, 7) is 0. The minimum Gasteiger partial charge on any atom is -0.497 e. The van der Waals surface area contributed by atoms with E-state index < -0.39 is 0 Å². The Morgan fingerprint density at radius 1 is 1.08 bits per heavy atom. The van der Waals surface area contributed by atoms with Gasteiger partial charge < -0.3 is 9.72 Å². The van der Waals surface area contributed by atoms with E-state index in [1.54, 1.807) is 18.4 Å². The summed E-state index contributed by atoms with van der Waals surface area (Å²) < 4.78 is 7.05. The number of imidazole rings is 1. The van der Waals surface area contributed by atoms with Crippen LogP contribution in [0.15, 0.2) is 53.9 Å². The fraction of sp³-hybridized carbons (Fsp3) is 0.0556. The van der Waals surface area contributed by atoms with Crippen molar-refractivity contribution in [1.29, 1.82) is 0 Å². The van der Waals surface area contributed by atoms with E-state index in [-0.39, 0.29) is 0 Å². The predicted molar refractivity (Wildman–Crippen MR) is 102 cm³/mol. The summed E-state index contributed by atoms with van der Waals surface area (Å²) in [4.78, 5) is 13.1. The third kappa shape index (κ3) is 2.47. The average molecular weight is 362 g/mol. The molecule has 0 aliphatic carbocycles. The van der Waals surface area contributed by atoms with Crippen LogP contribution < -0.4 is 10.1 Å². The summed E-state index contributed by atoms with van der Waals surface area (Å²) in [6, 6.07) is 15.7. The van der Waals surface area contributed by atoms with Crippen LogP contribution in [0.4, 0.5) is 11.9 Å². The number of thiazole rings is 1. The molecule has 0 spiro atoms. The highest BCUT2D eigenvalue weighted by molar-refractivity contribution is 7.15. The number of benzene rings is 2. The zero-order valence-electron chi connectivity index (χ0n) is 13.8. The van der Waals surface area contributed by atoms with E-state index in [9.17, 15) is 0 Å². The molecule has 8 heteroatoms. The van der Waals surface area contributed by atoms with Crippen molar-refractivity contribution in [3.8, 4) is 17.0 Å². The van der Waals surface area contributed by atoms with Crippen molar-refractivity contribution < 1.29 is 4.74 Å². The van der Waals surface area contributed by atoms with Gasteiger partial charge >= 0.3 is 0 Å². The van der Waals surface area contributed by atoms with Gasteiger partial charge in [-0.2, -0.15) is 4.98 Å². The lowest BCUT2D eigenvalue weighted by molar-refractivity contribution is 0.415. The molecule has 0 radical (unpaired) electrons. The Kier molecular flexibility index (Phi) is 3.36. The molecule has 0 fully saturated rings.